The standard InChI is InChI=1S/C40H40FN7O2/c41-36-11-10-31(24-35(36)37-8-1-2-18-43-37)40(50)45-33-13-19-47(20-14-33)27-28-9-12-38(44-25-28)48-21-15-34(16-22-48)46-39(49)30-6-3-5-29(23-30)32-7-4-17-42-26-32/h1-12,17-18,23-26,33-34H,13-16,19-22,27H2,(H,45,50)(H,46,49). The lowest BCUT2D eigenvalue weighted by Crippen LogP contribution is -2.45. The molecule has 2 aliphatic rings. The summed E-state index contributed by atoms with van der Waals surface area (Å²) in [7, 11) is 0. The van der Waals surface area contributed by atoms with Crippen LogP contribution in [0.2, 0.25) is 0 Å². The zero-order chi connectivity index (χ0) is 34.3. The van der Waals surface area contributed by atoms with Gasteiger partial charge in [0.1, 0.15) is 11.6 Å². The molecule has 2 aliphatic heterocycles. The first-order valence-electron chi connectivity index (χ1n) is 17.2. The van der Waals surface area contributed by atoms with E-state index in [0.29, 0.717) is 22.4 Å². The smallest absolute Gasteiger partial charge is 0.251 e. The first kappa shape index (κ1) is 33.0. The Labute approximate surface area is 291 Å². The molecule has 7 rings (SSSR count). The van der Waals surface area contributed by atoms with Gasteiger partial charge in [0.15, 0.2) is 0 Å². The molecule has 10 heteroatoms. The predicted octanol–water partition coefficient (Wildman–Crippen LogP) is 6.14. The van der Waals surface area contributed by atoms with E-state index >= 15 is 0 Å². The van der Waals surface area contributed by atoms with E-state index in [2.05, 4.69) is 42.5 Å². The molecule has 2 saturated heterocycles. The highest BCUT2D eigenvalue weighted by atomic mass is 19.1. The maximum Gasteiger partial charge on any atom is 0.251 e. The Morgan fingerprint density at radius 2 is 1.44 bits per heavy atom. The van der Waals surface area contributed by atoms with Gasteiger partial charge in [0.2, 0.25) is 0 Å². The van der Waals surface area contributed by atoms with Crippen LogP contribution in [0.15, 0.2) is 110 Å². The van der Waals surface area contributed by atoms with E-state index in [0.717, 1.165) is 80.9 Å². The minimum absolute atomic E-state index is 0.0499. The van der Waals surface area contributed by atoms with Crippen LogP contribution in [0.5, 0.6) is 0 Å². The molecule has 2 fully saturated rings. The summed E-state index contributed by atoms with van der Waals surface area (Å²) in [6, 6.07) is 25.7. The number of piperidine rings is 2. The van der Waals surface area contributed by atoms with Gasteiger partial charge in [-0.1, -0.05) is 30.3 Å². The second-order valence-corrected chi connectivity index (χ2v) is 13.0. The van der Waals surface area contributed by atoms with Crippen LogP contribution >= 0.6 is 0 Å². The van der Waals surface area contributed by atoms with Crippen LogP contribution < -0.4 is 15.5 Å². The zero-order valence-electron chi connectivity index (χ0n) is 27.8. The predicted molar refractivity (Wildman–Crippen MR) is 192 cm³/mol. The number of anilines is 1. The van der Waals surface area contributed by atoms with Gasteiger partial charge in [-0.2, -0.15) is 0 Å². The molecule has 0 aliphatic carbocycles. The van der Waals surface area contributed by atoms with Crippen molar-refractivity contribution in [3.63, 3.8) is 0 Å². The largest absolute Gasteiger partial charge is 0.356 e. The van der Waals surface area contributed by atoms with Gasteiger partial charge in [-0.3, -0.25) is 24.5 Å². The van der Waals surface area contributed by atoms with Crippen molar-refractivity contribution in [2.45, 2.75) is 44.3 Å². The highest BCUT2D eigenvalue weighted by Crippen LogP contribution is 2.24. The SMILES string of the molecule is O=C(NC1CCN(Cc2ccc(N3CCC(NC(=O)c4cccc(-c5cccnc5)c4)CC3)nc2)CC1)c1ccc(F)c(-c2ccccn2)c1. The molecular formula is C40H40FN7O2. The second kappa shape index (κ2) is 15.4. The monoisotopic (exact) mass is 669 g/mol. The van der Waals surface area contributed by atoms with Gasteiger partial charge >= 0.3 is 0 Å². The lowest BCUT2D eigenvalue weighted by atomic mass is 10.0. The van der Waals surface area contributed by atoms with Crippen LogP contribution in [0.3, 0.4) is 0 Å². The van der Waals surface area contributed by atoms with Crippen molar-refractivity contribution in [3.05, 3.63) is 132 Å². The van der Waals surface area contributed by atoms with E-state index in [9.17, 15) is 14.0 Å². The number of amides is 2. The Balaban J connectivity index is 0.847. The van der Waals surface area contributed by atoms with Gasteiger partial charge in [0.05, 0.1) is 5.69 Å². The van der Waals surface area contributed by atoms with E-state index in [-0.39, 0.29) is 23.9 Å². The van der Waals surface area contributed by atoms with Gasteiger partial charge in [-0.15, -0.1) is 0 Å². The lowest BCUT2D eigenvalue weighted by Gasteiger charge is -2.34. The zero-order valence-corrected chi connectivity index (χ0v) is 27.8. The number of nitrogens with one attached hydrogen (secondary N) is 2. The summed E-state index contributed by atoms with van der Waals surface area (Å²) in [4.78, 5) is 43.9. The number of carbonyl (C=O) groups excluding carboxylic acids is 2. The van der Waals surface area contributed by atoms with Crippen LogP contribution in [-0.4, -0.2) is 69.9 Å². The van der Waals surface area contributed by atoms with Crippen molar-refractivity contribution >= 4 is 17.6 Å². The Kier molecular flexibility index (Phi) is 10.2. The third-order valence-electron chi connectivity index (χ3n) is 9.58. The quantitative estimate of drug-likeness (QED) is 0.195. The summed E-state index contributed by atoms with van der Waals surface area (Å²) in [5.74, 6) is 0.308. The lowest BCUT2D eigenvalue weighted by molar-refractivity contribution is 0.0906. The summed E-state index contributed by atoms with van der Waals surface area (Å²) in [5.41, 5.74) is 5.02. The number of likely N-dealkylation sites (tertiary alicyclic amines) is 1. The van der Waals surface area contributed by atoms with Crippen LogP contribution in [0.1, 0.15) is 52.0 Å². The van der Waals surface area contributed by atoms with Crippen molar-refractivity contribution in [3.8, 4) is 22.4 Å². The fourth-order valence-corrected chi connectivity index (χ4v) is 6.74. The first-order chi connectivity index (χ1) is 24.5. The average Bonchev–Trinajstić information content (AvgIpc) is 3.17. The first-order valence-corrected chi connectivity index (χ1v) is 17.2. The van der Waals surface area contributed by atoms with Crippen molar-refractivity contribution in [2.75, 3.05) is 31.1 Å². The fourth-order valence-electron chi connectivity index (χ4n) is 6.74. The molecule has 5 heterocycles. The normalized spacial score (nSPS) is 15.8. The summed E-state index contributed by atoms with van der Waals surface area (Å²) in [6.07, 6.45) is 10.5. The molecule has 2 aromatic carbocycles. The topological polar surface area (TPSA) is 103 Å². The van der Waals surface area contributed by atoms with Crippen LogP contribution in [0.25, 0.3) is 22.4 Å². The van der Waals surface area contributed by atoms with Crippen molar-refractivity contribution in [1.29, 1.82) is 0 Å². The van der Waals surface area contributed by atoms with E-state index in [4.69, 9.17) is 4.98 Å². The van der Waals surface area contributed by atoms with E-state index in [1.54, 1.807) is 42.9 Å². The molecule has 5 aromatic rings. The number of hydrogen-bond donors (Lipinski definition) is 2. The molecule has 50 heavy (non-hydrogen) atoms. The Morgan fingerprint density at radius 1 is 0.700 bits per heavy atom. The summed E-state index contributed by atoms with van der Waals surface area (Å²) < 4.78 is 14.5. The molecule has 9 nitrogen and oxygen atoms in total. The number of carbonyl (C=O) groups is 2. The Morgan fingerprint density at radius 3 is 2.12 bits per heavy atom. The number of halogens is 1. The minimum Gasteiger partial charge on any atom is -0.356 e. The van der Waals surface area contributed by atoms with Crippen molar-refractivity contribution in [2.24, 2.45) is 0 Å². The molecule has 0 bridgehead atoms. The third-order valence-corrected chi connectivity index (χ3v) is 9.58. The van der Waals surface area contributed by atoms with Gasteiger partial charge < -0.3 is 15.5 Å². The number of aromatic nitrogens is 3. The van der Waals surface area contributed by atoms with Crippen LogP contribution in [-0.2, 0) is 6.54 Å². The molecule has 0 spiro atoms. The molecule has 2 amide bonds. The average molecular weight is 670 g/mol. The maximum atomic E-state index is 14.5. The highest BCUT2D eigenvalue weighted by Gasteiger charge is 2.24. The van der Waals surface area contributed by atoms with Crippen LogP contribution in [0, 0.1) is 5.82 Å². The van der Waals surface area contributed by atoms with E-state index in [1.807, 2.05) is 42.6 Å². The summed E-state index contributed by atoms with van der Waals surface area (Å²) >= 11 is 0. The molecule has 0 atom stereocenters. The number of nitrogens with zero attached hydrogens (tertiary/aromatic N) is 5. The second-order valence-electron chi connectivity index (χ2n) is 13.0. The Bertz CT molecular complexity index is 1910. The van der Waals surface area contributed by atoms with E-state index < -0.39 is 5.82 Å². The number of pyridine rings is 3. The fraction of sp³-hybridized carbons (Fsp3) is 0.275. The minimum atomic E-state index is -0.401. The molecule has 0 unspecified atom stereocenters. The van der Waals surface area contributed by atoms with Gasteiger partial charge in [0.25, 0.3) is 11.8 Å². The van der Waals surface area contributed by atoms with Crippen molar-refractivity contribution in [1.82, 2.24) is 30.5 Å². The molecule has 2 N–H and O–H groups in total. The van der Waals surface area contributed by atoms with Crippen molar-refractivity contribution < 1.29 is 14.0 Å². The van der Waals surface area contributed by atoms with E-state index in [1.165, 1.54) is 12.1 Å². The van der Waals surface area contributed by atoms with Gasteiger partial charge in [-0.05, 0) is 91.4 Å². The molecule has 254 valence electrons. The molecule has 3 aromatic heterocycles. The van der Waals surface area contributed by atoms with Crippen LogP contribution in [0.4, 0.5) is 10.2 Å². The maximum absolute atomic E-state index is 14.5. The Hall–Kier alpha value is -5.48. The molecule has 0 radical (unpaired) electrons. The molecular weight excluding hydrogens is 629 g/mol. The van der Waals surface area contributed by atoms with Gasteiger partial charge in [-0.25, -0.2) is 9.37 Å². The highest BCUT2D eigenvalue weighted by molar-refractivity contribution is 5.96. The summed E-state index contributed by atoms with van der Waals surface area (Å²) in [6.45, 7) is 4.18. The number of hydrogen-bond acceptors (Lipinski definition) is 7. The van der Waals surface area contributed by atoms with Gasteiger partial charge in [0, 0.05) is 91.8 Å². The summed E-state index contributed by atoms with van der Waals surface area (Å²) in [5, 5.41) is 6.37. The number of benzene rings is 2. The third kappa shape index (κ3) is 8.03. The number of rotatable bonds is 9. The molecule has 0 saturated carbocycles.